The molecule has 2 aromatic rings. The Kier molecular flexibility index (Phi) is 7.30. The molecular formula is C21H17Cl4NO4. The van der Waals surface area contributed by atoms with Crippen LogP contribution in [0.2, 0.25) is 20.1 Å². The molecule has 0 saturated heterocycles. The molecule has 0 unspecified atom stereocenters. The lowest BCUT2D eigenvalue weighted by Gasteiger charge is -2.17. The maximum atomic E-state index is 13.0. The number of ether oxygens (including phenoxy) is 1. The number of amides is 2. The lowest BCUT2D eigenvalue weighted by Crippen LogP contribution is -2.30. The number of carbonyl (C=O) groups excluding carboxylic acids is 3. The monoisotopic (exact) mass is 487 g/mol. The minimum Gasteiger partial charge on any atom is -0.424 e. The van der Waals surface area contributed by atoms with Gasteiger partial charge in [0.05, 0.1) is 36.9 Å². The Labute approximate surface area is 193 Å². The summed E-state index contributed by atoms with van der Waals surface area (Å²) in [6.45, 7) is 2.08. The second kappa shape index (κ2) is 9.56. The minimum atomic E-state index is -0.730. The van der Waals surface area contributed by atoms with Crippen molar-refractivity contribution in [3.05, 3.63) is 55.5 Å². The highest BCUT2D eigenvalue weighted by Crippen LogP contribution is 2.46. The van der Waals surface area contributed by atoms with Crippen molar-refractivity contribution in [2.24, 2.45) is 0 Å². The SMILES string of the molecule is CCCCCCC(=O)Oc1ccccc1N1C(=O)c2c(Cl)c(Cl)c(Cl)c(Cl)c2C1=O. The molecule has 30 heavy (non-hydrogen) atoms. The first-order chi connectivity index (χ1) is 14.3. The van der Waals surface area contributed by atoms with Crippen LogP contribution in [-0.2, 0) is 4.79 Å². The molecule has 5 nitrogen and oxygen atoms in total. The summed E-state index contributed by atoms with van der Waals surface area (Å²) in [4.78, 5) is 39.2. The first-order valence-corrected chi connectivity index (χ1v) is 10.8. The molecule has 9 heteroatoms. The molecule has 0 N–H and O–H groups in total. The average Bonchev–Trinajstić information content (AvgIpc) is 2.99. The van der Waals surface area contributed by atoms with Gasteiger partial charge in [0.2, 0.25) is 0 Å². The quantitative estimate of drug-likeness (QED) is 0.105. The summed E-state index contributed by atoms with van der Waals surface area (Å²) in [7, 11) is 0. The zero-order valence-electron chi connectivity index (χ0n) is 15.9. The van der Waals surface area contributed by atoms with Crippen molar-refractivity contribution < 1.29 is 19.1 Å². The molecule has 158 valence electrons. The number of benzene rings is 2. The number of hydrogen-bond acceptors (Lipinski definition) is 4. The number of anilines is 1. The third-order valence-corrected chi connectivity index (χ3v) is 6.47. The Morgan fingerprint density at radius 2 is 1.43 bits per heavy atom. The standard InChI is InChI=1S/C21H17Cl4NO4/c1-2-3-4-5-10-13(27)30-12-9-7-6-8-11(12)26-20(28)14-15(21(26)29)17(23)19(25)18(24)16(14)22/h6-9H,2-5,10H2,1H3. The van der Waals surface area contributed by atoms with Crippen LogP contribution in [0.1, 0.15) is 59.7 Å². The smallest absolute Gasteiger partial charge is 0.311 e. The maximum Gasteiger partial charge on any atom is 0.311 e. The first-order valence-electron chi connectivity index (χ1n) is 9.34. The average molecular weight is 489 g/mol. The van der Waals surface area contributed by atoms with Gasteiger partial charge < -0.3 is 4.74 Å². The van der Waals surface area contributed by atoms with E-state index >= 15 is 0 Å². The molecule has 3 rings (SSSR count). The molecular weight excluding hydrogens is 472 g/mol. The molecule has 0 saturated carbocycles. The number of unbranched alkanes of at least 4 members (excludes halogenated alkanes) is 3. The van der Waals surface area contributed by atoms with Gasteiger partial charge in [-0.2, -0.15) is 0 Å². The molecule has 1 heterocycles. The Balaban J connectivity index is 1.93. The Hall–Kier alpha value is -1.79. The minimum absolute atomic E-state index is 0.0805. The summed E-state index contributed by atoms with van der Waals surface area (Å²) in [6, 6.07) is 6.24. The molecule has 2 aromatic carbocycles. The number of nitrogens with zero attached hydrogens (tertiary/aromatic N) is 1. The third-order valence-electron chi connectivity index (χ3n) is 4.67. The van der Waals surface area contributed by atoms with E-state index in [4.69, 9.17) is 51.1 Å². The summed E-state index contributed by atoms with van der Waals surface area (Å²) in [5, 5.41) is -0.548. The Bertz CT molecular complexity index is 991. The lowest BCUT2D eigenvalue weighted by atomic mass is 10.1. The van der Waals surface area contributed by atoms with E-state index in [1.54, 1.807) is 12.1 Å². The predicted octanol–water partition coefficient (Wildman–Crippen LogP) is 6.98. The van der Waals surface area contributed by atoms with E-state index in [1.807, 2.05) is 0 Å². The van der Waals surface area contributed by atoms with Crippen LogP contribution in [0.15, 0.2) is 24.3 Å². The van der Waals surface area contributed by atoms with Crippen molar-refractivity contribution in [1.82, 2.24) is 0 Å². The molecule has 0 spiro atoms. The van der Waals surface area contributed by atoms with Gasteiger partial charge in [-0.1, -0.05) is 84.7 Å². The molecule has 0 radical (unpaired) electrons. The van der Waals surface area contributed by atoms with E-state index in [9.17, 15) is 14.4 Å². The fraction of sp³-hybridized carbons (Fsp3) is 0.286. The van der Waals surface area contributed by atoms with E-state index in [0.717, 1.165) is 24.2 Å². The molecule has 2 amide bonds. The molecule has 0 aliphatic carbocycles. The Morgan fingerprint density at radius 3 is 2.00 bits per heavy atom. The van der Waals surface area contributed by atoms with Gasteiger partial charge in [0.15, 0.2) is 5.75 Å². The van der Waals surface area contributed by atoms with Crippen molar-refractivity contribution in [3.63, 3.8) is 0 Å². The second-order valence-electron chi connectivity index (χ2n) is 6.70. The molecule has 1 aliphatic heterocycles. The number of carbonyl (C=O) groups is 3. The number of esters is 1. The van der Waals surface area contributed by atoms with E-state index in [2.05, 4.69) is 6.92 Å². The fourth-order valence-corrected chi connectivity index (χ4v) is 4.18. The van der Waals surface area contributed by atoms with Crippen molar-refractivity contribution in [2.45, 2.75) is 39.0 Å². The van der Waals surface area contributed by atoms with Crippen LogP contribution < -0.4 is 9.64 Å². The van der Waals surface area contributed by atoms with Gasteiger partial charge in [0, 0.05) is 6.42 Å². The highest BCUT2D eigenvalue weighted by Gasteiger charge is 2.43. The van der Waals surface area contributed by atoms with Crippen LogP contribution >= 0.6 is 46.4 Å². The van der Waals surface area contributed by atoms with Gasteiger partial charge in [-0.25, -0.2) is 4.90 Å². The number of hydrogen-bond donors (Lipinski definition) is 0. The van der Waals surface area contributed by atoms with Crippen LogP contribution in [0.25, 0.3) is 0 Å². The topological polar surface area (TPSA) is 63.7 Å². The highest BCUT2D eigenvalue weighted by atomic mass is 35.5. The fourth-order valence-electron chi connectivity index (χ4n) is 3.17. The second-order valence-corrected chi connectivity index (χ2v) is 8.22. The van der Waals surface area contributed by atoms with Gasteiger partial charge >= 0.3 is 5.97 Å². The van der Waals surface area contributed by atoms with E-state index < -0.39 is 17.8 Å². The predicted molar refractivity (Wildman–Crippen MR) is 118 cm³/mol. The summed E-state index contributed by atoms with van der Waals surface area (Å²) in [5.74, 6) is -1.83. The van der Waals surface area contributed by atoms with Crippen molar-refractivity contribution >= 4 is 69.9 Å². The van der Waals surface area contributed by atoms with Crippen molar-refractivity contribution in [2.75, 3.05) is 4.90 Å². The molecule has 0 bridgehead atoms. The van der Waals surface area contributed by atoms with Crippen LogP contribution in [0, 0.1) is 0 Å². The van der Waals surface area contributed by atoms with Crippen LogP contribution in [-0.4, -0.2) is 17.8 Å². The van der Waals surface area contributed by atoms with E-state index in [1.165, 1.54) is 12.1 Å². The number of imide groups is 1. The highest BCUT2D eigenvalue weighted by molar-refractivity contribution is 6.56. The van der Waals surface area contributed by atoms with Gasteiger partial charge in [-0.05, 0) is 18.6 Å². The lowest BCUT2D eigenvalue weighted by molar-refractivity contribution is -0.134. The number of fused-ring (bicyclic) bond motifs is 1. The number of halogens is 4. The summed E-state index contributed by atoms with van der Waals surface area (Å²) in [5.41, 5.74) is -0.173. The van der Waals surface area contributed by atoms with E-state index in [-0.39, 0.29) is 49.1 Å². The number of para-hydroxylation sites is 2. The normalized spacial score (nSPS) is 13.0. The van der Waals surface area contributed by atoms with Gasteiger partial charge in [0.1, 0.15) is 0 Å². The maximum absolute atomic E-state index is 13.0. The van der Waals surface area contributed by atoms with Crippen molar-refractivity contribution in [3.8, 4) is 5.75 Å². The third kappa shape index (κ3) is 4.17. The van der Waals surface area contributed by atoms with Crippen molar-refractivity contribution in [1.29, 1.82) is 0 Å². The van der Waals surface area contributed by atoms with Crippen LogP contribution in [0.4, 0.5) is 5.69 Å². The van der Waals surface area contributed by atoms with E-state index in [0.29, 0.717) is 6.42 Å². The number of rotatable bonds is 7. The van der Waals surface area contributed by atoms with Gasteiger partial charge in [-0.3, -0.25) is 14.4 Å². The van der Waals surface area contributed by atoms with Crippen LogP contribution in [0.3, 0.4) is 0 Å². The molecule has 0 fully saturated rings. The Morgan fingerprint density at radius 1 is 0.867 bits per heavy atom. The summed E-state index contributed by atoms with van der Waals surface area (Å²) >= 11 is 24.4. The van der Waals surface area contributed by atoms with Crippen LogP contribution in [0.5, 0.6) is 5.75 Å². The molecule has 0 atom stereocenters. The summed E-state index contributed by atoms with van der Waals surface area (Å²) in [6.07, 6.45) is 3.94. The summed E-state index contributed by atoms with van der Waals surface area (Å²) < 4.78 is 5.44. The first kappa shape index (κ1) is 22.9. The molecule has 1 aliphatic rings. The van der Waals surface area contributed by atoms with Gasteiger partial charge in [-0.15, -0.1) is 0 Å². The van der Waals surface area contributed by atoms with Gasteiger partial charge in [0.25, 0.3) is 11.8 Å². The zero-order valence-corrected chi connectivity index (χ0v) is 19.0. The molecule has 0 aromatic heterocycles. The zero-order chi connectivity index (χ0) is 22.0. The largest absolute Gasteiger partial charge is 0.424 e.